The fourth-order valence-corrected chi connectivity index (χ4v) is 2.56. The molecular formula is C12H14O2S. The average molecular weight is 222 g/mol. The SMILES string of the molecule is CC(O)C(O)Cc1csc2ccccc12. The first kappa shape index (κ1) is 10.6. The summed E-state index contributed by atoms with van der Waals surface area (Å²) in [6.45, 7) is 1.61. The van der Waals surface area contributed by atoms with Crippen molar-refractivity contribution >= 4 is 21.4 Å². The van der Waals surface area contributed by atoms with Crippen molar-refractivity contribution in [1.82, 2.24) is 0 Å². The molecule has 0 bridgehead atoms. The van der Waals surface area contributed by atoms with E-state index in [1.54, 1.807) is 18.3 Å². The monoisotopic (exact) mass is 222 g/mol. The van der Waals surface area contributed by atoms with Crippen molar-refractivity contribution in [2.24, 2.45) is 0 Å². The molecule has 1 heterocycles. The van der Waals surface area contributed by atoms with Crippen LogP contribution in [0.15, 0.2) is 29.6 Å². The summed E-state index contributed by atoms with van der Waals surface area (Å²) in [6, 6.07) is 8.12. The summed E-state index contributed by atoms with van der Waals surface area (Å²) < 4.78 is 1.23. The number of hydrogen-bond donors (Lipinski definition) is 2. The van der Waals surface area contributed by atoms with Crippen molar-refractivity contribution in [3.63, 3.8) is 0 Å². The lowest BCUT2D eigenvalue weighted by Gasteiger charge is -2.12. The molecule has 1 aromatic heterocycles. The summed E-state index contributed by atoms with van der Waals surface area (Å²) in [4.78, 5) is 0. The van der Waals surface area contributed by atoms with Crippen LogP contribution in [0.5, 0.6) is 0 Å². The van der Waals surface area contributed by atoms with Crippen LogP contribution in [0.2, 0.25) is 0 Å². The van der Waals surface area contributed by atoms with E-state index >= 15 is 0 Å². The molecule has 15 heavy (non-hydrogen) atoms. The number of thiophene rings is 1. The minimum atomic E-state index is -0.678. The largest absolute Gasteiger partial charge is 0.391 e. The Labute approximate surface area is 92.8 Å². The Morgan fingerprint density at radius 3 is 2.73 bits per heavy atom. The topological polar surface area (TPSA) is 40.5 Å². The minimum absolute atomic E-state index is 0.516. The summed E-state index contributed by atoms with van der Waals surface area (Å²) in [5, 5.41) is 22.1. The normalized spacial score (nSPS) is 15.4. The van der Waals surface area contributed by atoms with E-state index in [0.717, 1.165) is 5.56 Å². The zero-order valence-electron chi connectivity index (χ0n) is 8.55. The van der Waals surface area contributed by atoms with Gasteiger partial charge in [0.2, 0.25) is 0 Å². The molecule has 3 heteroatoms. The summed E-state index contributed by atoms with van der Waals surface area (Å²) in [7, 11) is 0. The molecule has 0 spiro atoms. The number of fused-ring (bicyclic) bond motifs is 1. The Hall–Kier alpha value is -0.900. The smallest absolute Gasteiger partial charge is 0.0837 e. The number of benzene rings is 1. The van der Waals surface area contributed by atoms with Crippen molar-refractivity contribution in [2.75, 3.05) is 0 Å². The molecule has 0 saturated heterocycles. The van der Waals surface area contributed by atoms with Gasteiger partial charge in [0, 0.05) is 11.1 Å². The lowest BCUT2D eigenvalue weighted by molar-refractivity contribution is 0.0322. The van der Waals surface area contributed by atoms with Gasteiger partial charge in [-0.25, -0.2) is 0 Å². The average Bonchev–Trinajstić information content (AvgIpc) is 2.62. The molecule has 2 atom stereocenters. The van der Waals surface area contributed by atoms with E-state index in [2.05, 4.69) is 17.5 Å². The second-order valence-corrected chi connectivity index (χ2v) is 4.68. The molecule has 2 rings (SSSR count). The van der Waals surface area contributed by atoms with Gasteiger partial charge in [0.25, 0.3) is 0 Å². The second-order valence-electron chi connectivity index (χ2n) is 3.77. The second kappa shape index (κ2) is 4.31. The summed E-state index contributed by atoms with van der Waals surface area (Å²) in [5.74, 6) is 0. The molecule has 2 unspecified atom stereocenters. The predicted molar refractivity (Wildman–Crippen MR) is 63.2 cm³/mol. The van der Waals surface area contributed by atoms with Gasteiger partial charge in [-0.05, 0) is 29.3 Å². The molecule has 0 aliphatic heterocycles. The van der Waals surface area contributed by atoms with Crippen LogP contribution in [0.3, 0.4) is 0 Å². The molecule has 0 amide bonds. The van der Waals surface area contributed by atoms with E-state index in [1.165, 1.54) is 10.1 Å². The number of aliphatic hydroxyl groups is 2. The van der Waals surface area contributed by atoms with Gasteiger partial charge >= 0.3 is 0 Å². The third kappa shape index (κ3) is 2.20. The van der Waals surface area contributed by atoms with E-state index in [0.29, 0.717) is 6.42 Å². The zero-order valence-corrected chi connectivity index (χ0v) is 9.37. The molecule has 0 radical (unpaired) electrons. The van der Waals surface area contributed by atoms with Crippen molar-refractivity contribution in [3.8, 4) is 0 Å². The van der Waals surface area contributed by atoms with Crippen molar-refractivity contribution < 1.29 is 10.2 Å². The van der Waals surface area contributed by atoms with Crippen LogP contribution in [0, 0.1) is 0 Å². The Kier molecular flexibility index (Phi) is 3.05. The Morgan fingerprint density at radius 1 is 1.27 bits per heavy atom. The van der Waals surface area contributed by atoms with Gasteiger partial charge in [0.05, 0.1) is 12.2 Å². The van der Waals surface area contributed by atoms with Crippen LogP contribution in [0.4, 0.5) is 0 Å². The van der Waals surface area contributed by atoms with Gasteiger partial charge in [-0.2, -0.15) is 0 Å². The van der Waals surface area contributed by atoms with Crippen molar-refractivity contribution in [1.29, 1.82) is 0 Å². The predicted octanol–water partition coefficient (Wildman–Crippen LogP) is 2.19. The molecule has 2 aromatic rings. The number of aliphatic hydroxyl groups excluding tert-OH is 2. The molecule has 2 N–H and O–H groups in total. The van der Waals surface area contributed by atoms with Crippen LogP contribution in [-0.2, 0) is 6.42 Å². The highest BCUT2D eigenvalue weighted by molar-refractivity contribution is 7.17. The Bertz CT molecular complexity index is 448. The zero-order chi connectivity index (χ0) is 10.8. The summed E-state index contributed by atoms with van der Waals surface area (Å²) in [5.41, 5.74) is 1.11. The third-order valence-electron chi connectivity index (χ3n) is 2.55. The van der Waals surface area contributed by atoms with Crippen LogP contribution >= 0.6 is 11.3 Å². The van der Waals surface area contributed by atoms with Crippen molar-refractivity contribution in [2.45, 2.75) is 25.6 Å². The maximum atomic E-state index is 9.61. The van der Waals surface area contributed by atoms with Crippen LogP contribution in [0.25, 0.3) is 10.1 Å². The maximum Gasteiger partial charge on any atom is 0.0837 e. The molecule has 0 saturated carbocycles. The molecule has 2 nitrogen and oxygen atoms in total. The van der Waals surface area contributed by atoms with E-state index in [4.69, 9.17) is 0 Å². The van der Waals surface area contributed by atoms with Gasteiger partial charge < -0.3 is 10.2 Å². The maximum absolute atomic E-state index is 9.61. The van der Waals surface area contributed by atoms with Gasteiger partial charge in [0.15, 0.2) is 0 Å². The lowest BCUT2D eigenvalue weighted by atomic mass is 10.0. The van der Waals surface area contributed by atoms with Gasteiger partial charge in [-0.1, -0.05) is 18.2 Å². The summed E-state index contributed by atoms with van der Waals surface area (Å²) in [6.07, 6.45) is -0.839. The number of rotatable bonds is 3. The number of hydrogen-bond acceptors (Lipinski definition) is 3. The van der Waals surface area contributed by atoms with Crippen molar-refractivity contribution in [3.05, 3.63) is 35.2 Å². The van der Waals surface area contributed by atoms with E-state index in [1.807, 2.05) is 12.1 Å². The van der Waals surface area contributed by atoms with Crippen LogP contribution in [-0.4, -0.2) is 22.4 Å². The molecule has 0 fully saturated rings. The lowest BCUT2D eigenvalue weighted by Crippen LogP contribution is -2.24. The Morgan fingerprint density at radius 2 is 2.00 bits per heavy atom. The highest BCUT2D eigenvalue weighted by atomic mass is 32.1. The molecule has 0 aliphatic carbocycles. The first-order valence-corrected chi connectivity index (χ1v) is 5.87. The Balaban J connectivity index is 2.29. The minimum Gasteiger partial charge on any atom is -0.391 e. The first-order chi connectivity index (χ1) is 7.18. The van der Waals surface area contributed by atoms with Gasteiger partial charge in [-0.15, -0.1) is 11.3 Å². The molecular weight excluding hydrogens is 208 g/mol. The van der Waals surface area contributed by atoms with Crippen LogP contribution in [0.1, 0.15) is 12.5 Å². The highest BCUT2D eigenvalue weighted by Crippen LogP contribution is 2.26. The molecule has 80 valence electrons. The highest BCUT2D eigenvalue weighted by Gasteiger charge is 2.13. The summed E-state index contributed by atoms with van der Waals surface area (Å²) >= 11 is 1.67. The molecule has 0 aliphatic rings. The third-order valence-corrected chi connectivity index (χ3v) is 3.56. The quantitative estimate of drug-likeness (QED) is 0.835. The standard InChI is InChI=1S/C12H14O2S/c1-8(13)11(14)6-9-7-15-12-5-3-2-4-10(9)12/h2-5,7-8,11,13-14H,6H2,1H3. The van der Waals surface area contributed by atoms with Gasteiger partial charge in [0.1, 0.15) is 0 Å². The van der Waals surface area contributed by atoms with Crippen LogP contribution < -0.4 is 0 Å². The fraction of sp³-hybridized carbons (Fsp3) is 0.333. The fourth-order valence-electron chi connectivity index (χ4n) is 1.59. The van der Waals surface area contributed by atoms with Gasteiger partial charge in [-0.3, -0.25) is 0 Å². The molecule has 1 aromatic carbocycles. The van der Waals surface area contributed by atoms with E-state index in [-0.39, 0.29) is 0 Å². The van der Waals surface area contributed by atoms with E-state index < -0.39 is 12.2 Å². The first-order valence-electron chi connectivity index (χ1n) is 4.99. The van der Waals surface area contributed by atoms with E-state index in [9.17, 15) is 10.2 Å².